The molecule has 2 aromatic carbocycles. The number of nitrogens with one attached hydrogen (secondary N) is 1. The molecule has 0 amide bonds. The molecule has 0 unspecified atom stereocenters. The molecule has 4 rings (SSSR count). The zero-order valence-electron chi connectivity index (χ0n) is 18.8. The third kappa shape index (κ3) is 6.35. The van der Waals surface area contributed by atoms with Gasteiger partial charge in [-0.15, -0.1) is 0 Å². The molecule has 2 aromatic rings. The second-order valence-corrected chi connectivity index (χ2v) is 22.9. The minimum absolute atomic E-state index is 0.216. The number of morpholine rings is 1. The summed E-state index contributed by atoms with van der Waals surface area (Å²) < 4.78 is 37.3. The number of nitrogens with zero attached hydrogens (tertiary/aromatic N) is 5. The zero-order valence-corrected chi connectivity index (χ0v) is 27.5. The van der Waals surface area contributed by atoms with Gasteiger partial charge < -0.3 is 4.74 Å². The van der Waals surface area contributed by atoms with Gasteiger partial charge in [-0.05, 0) is 0 Å². The topological polar surface area (TPSA) is 111 Å². The average Bonchev–Trinajstić information content (AvgIpc) is 3.18. The van der Waals surface area contributed by atoms with E-state index in [1.165, 1.54) is 16.4 Å². The molecular weight excluding hydrogens is 717 g/mol. The van der Waals surface area contributed by atoms with E-state index in [0.717, 1.165) is 27.6 Å². The number of hydrogen-bond donors (Lipinski definition) is 1. The summed E-state index contributed by atoms with van der Waals surface area (Å²) in [5, 5.41) is 19.0. The Hall–Kier alpha value is -1.28. The van der Waals surface area contributed by atoms with E-state index < -0.39 is 31.8 Å². The Bertz CT molecular complexity index is 1270. The standard InChI is InChI=1S/C21H22N6O3S3.ClH.Hg/c1-15-19(20(22)27(24-15)17-5-3-2-4-6-17)21(31)32-25-23-16-7-9-18(10-8-16)33(28,29)26-11-13-30-14-12-26;;/h2-10,22,31H,11-14H2,1H3;1H;/q;;+2/p-2/b21-19-,22-20?,25-23?;;. The summed E-state index contributed by atoms with van der Waals surface area (Å²) in [5.41, 5.74) is 2.77. The Balaban J connectivity index is 1.48. The van der Waals surface area contributed by atoms with Crippen molar-refractivity contribution in [2.75, 3.05) is 31.3 Å². The number of benzene rings is 2. The van der Waals surface area contributed by atoms with Crippen LogP contribution in [0.5, 0.6) is 0 Å². The fourth-order valence-corrected chi connectivity index (χ4v) is 17.0. The molecule has 0 radical (unpaired) electrons. The van der Waals surface area contributed by atoms with Gasteiger partial charge in [0.15, 0.2) is 0 Å². The van der Waals surface area contributed by atoms with E-state index in [0.29, 0.717) is 37.6 Å². The third-order valence-electron chi connectivity index (χ3n) is 5.18. The van der Waals surface area contributed by atoms with Crippen molar-refractivity contribution in [2.24, 2.45) is 14.7 Å². The molecule has 2 heterocycles. The van der Waals surface area contributed by atoms with Gasteiger partial charge >= 0.3 is 210 Å². The monoisotopic (exact) mass is 738 g/mol. The number of ether oxygens (including phenoxy) is 1. The van der Waals surface area contributed by atoms with Gasteiger partial charge in [-0.25, -0.2) is 0 Å². The van der Waals surface area contributed by atoms with Crippen LogP contribution in [-0.2, 0) is 36.6 Å². The van der Waals surface area contributed by atoms with Crippen molar-refractivity contribution in [2.45, 2.75) is 11.8 Å². The molecule has 14 heteroatoms. The number of rotatable bonds is 8. The van der Waals surface area contributed by atoms with E-state index in [4.69, 9.17) is 18.4 Å². The van der Waals surface area contributed by atoms with Crippen LogP contribution < -0.4 is 5.01 Å². The molecular formula is C21H21ClHgN6O3S3. The maximum absolute atomic E-state index is 12.8. The van der Waals surface area contributed by atoms with Gasteiger partial charge in [-0.3, -0.25) is 0 Å². The van der Waals surface area contributed by atoms with Crippen LogP contribution in [0.25, 0.3) is 0 Å². The molecule has 0 spiro atoms. The second-order valence-electron chi connectivity index (χ2n) is 7.38. The first kappa shape index (κ1) is 26.8. The quantitative estimate of drug-likeness (QED) is 0.221. The van der Waals surface area contributed by atoms with Gasteiger partial charge in [-0.1, -0.05) is 0 Å². The first-order chi connectivity index (χ1) is 16.9. The van der Waals surface area contributed by atoms with Crippen LogP contribution in [0.4, 0.5) is 11.4 Å². The summed E-state index contributed by atoms with van der Waals surface area (Å²) in [6.07, 6.45) is 0. The molecule has 0 bridgehead atoms. The van der Waals surface area contributed by atoms with Gasteiger partial charge in [0.05, 0.1) is 13.2 Å². The van der Waals surface area contributed by atoms with Crippen LogP contribution >= 0.6 is 28.4 Å². The molecule has 0 atom stereocenters. The molecule has 35 heavy (non-hydrogen) atoms. The van der Waals surface area contributed by atoms with Crippen LogP contribution in [0.1, 0.15) is 6.92 Å². The predicted octanol–water partition coefficient (Wildman–Crippen LogP) is 5.41. The minimum atomic E-state index is -3.56. The molecule has 1 saturated heterocycles. The van der Waals surface area contributed by atoms with Crippen molar-refractivity contribution in [3.8, 4) is 0 Å². The number of sulfonamides is 1. The van der Waals surface area contributed by atoms with Gasteiger partial charge in [-0.2, -0.15) is 0 Å². The van der Waals surface area contributed by atoms with Crippen molar-refractivity contribution < 1.29 is 35.0 Å². The first-order valence-electron chi connectivity index (χ1n) is 10.6. The normalized spacial score (nSPS) is 18.6. The van der Waals surface area contributed by atoms with Gasteiger partial charge in [0.2, 0.25) is 0 Å². The number of hydrazone groups is 1. The van der Waals surface area contributed by atoms with Crippen LogP contribution in [-0.4, -0.2) is 50.6 Å². The van der Waals surface area contributed by atoms with Crippen LogP contribution in [0, 0.1) is 5.41 Å². The molecule has 0 aliphatic carbocycles. The van der Waals surface area contributed by atoms with Gasteiger partial charge in [0.1, 0.15) is 0 Å². The summed E-state index contributed by atoms with van der Waals surface area (Å²) in [4.78, 5) is 0.216. The molecule has 180 valence electrons. The molecule has 0 aromatic heterocycles. The van der Waals surface area contributed by atoms with Crippen LogP contribution in [0.15, 0.2) is 84.0 Å². The van der Waals surface area contributed by atoms with E-state index in [9.17, 15) is 8.42 Å². The summed E-state index contributed by atoms with van der Waals surface area (Å²) >= 11 is -0.538. The number of hydrogen-bond acceptors (Lipinski definition) is 9. The first-order valence-corrected chi connectivity index (χ1v) is 27.3. The Labute approximate surface area is 226 Å². The summed E-state index contributed by atoms with van der Waals surface area (Å²) in [6.45, 7) is 3.36. The van der Waals surface area contributed by atoms with E-state index in [1.807, 2.05) is 37.3 Å². The SMILES string of the molecule is CC1=NN(c2ccccc2)C(=N)/C1=C(\SN=Nc1ccc(S(=O)(=O)N2CCOCC2)cc1)[S][Hg][Cl]. The molecule has 1 N–H and O–H groups in total. The Morgan fingerprint density at radius 3 is 2.49 bits per heavy atom. The van der Waals surface area contributed by atoms with Crippen molar-refractivity contribution in [1.82, 2.24) is 4.31 Å². The van der Waals surface area contributed by atoms with Crippen LogP contribution in [0.3, 0.4) is 0 Å². The number of anilines is 1. The maximum atomic E-state index is 12.8. The van der Waals surface area contributed by atoms with Crippen molar-refractivity contribution in [1.29, 1.82) is 5.41 Å². The molecule has 2 aliphatic rings. The van der Waals surface area contributed by atoms with Crippen molar-refractivity contribution in [3.05, 3.63) is 64.4 Å². The Morgan fingerprint density at radius 1 is 1.14 bits per heavy atom. The van der Waals surface area contributed by atoms with Gasteiger partial charge in [0.25, 0.3) is 0 Å². The predicted molar refractivity (Wildman–Crippen MR) is 138 cm³/mol. The summed E-state index contributed by atoms with van der Waals surface area (Å²) in [5.74, 6) is 0.273. The van der Waals surface area contributed by atoms with Crippen molar-refractivity contribution in [3.63, 3.8) is 0 Å². The van der Waals surface area contributed by atoms with Crippen LogP contribution in [0.2, 0.25) is 0 Å². The third-order valence-corrected chi connectivity index (χ3v) is 18.7. The molecule has 1 fully saturated rings. The average molecular weight is 738 g/mol. The van der Waals surface area contributed by atoms with E-state index in [1.54, 1.807) is 25.4 Å². The Kier molecular flexibility index (Phi) is 9.41. The van der Waals surface area contributed by atoms with E-state index >= 15 is 0 Å². The second kappa shape index (κ2) is 12.3. The summed E-state index contributed by atoms with van der Waals surface area (Å²) in [6, 6.07) is 15.9. The summed E-state index contributed by atoms with van der Waals surface area (Å²) in [7, 11) is 4.23. The van der Waals surface area contributed by atoms with Gasteiger partial charge in [0, 0.05) is 0 Å². The number of halogens is 1. The molecule has 2 aliphatic heterocycles. The fourth-order valence-electron chi connectivity index (χ4n) is 3.45. The fraction of sp³-hybridized carbons (Fsp3) is 0.238. The zero-order chi connectivity index (χ0) is 24.8. The number of para-hydroxylation sites is 1. The molecule has 9 nitrogen and oxygen atoms in total. The Morgan fingerprint density at radius 2 is 1.83 bits per heavy atom. The number of amidine groups is 1. The van der Waals surface area contributed by atoms with E-state index in [2.05, 4.69) is 14.7 Å². The van der Waals surface area contributed by atoms with E-state index in [-0.39, 0.29) is 10.7 Å². The van der Waals surface area contributed by atoms with Crippen molar-refractivity contribution >= 4 is 61.4 Å². The molecule has 0 saturated carbocycles.